The highest BCUT2D eigenvalue weighted by molar-refractivity contribution is 7.91. The first kappa shape index (κ1) is 23.8. The molecule has 1 fully saturated rings. The van der Waals surface area contributed by atoms with Crippen LogP contribution in [-0.4, -0.2) is 31.7 Å². The highest BCUT2D eigenvalue weighted by Gasteiger charge is 2.38. The number of rotatable bonds is 5. The lowest BCUT2D eigenvalue weighted by Crippen LogP contribution is -2.33. The third kappa shape index (κ3) is 4.56. The van der Waals surface area contributed by atoms with Crippen LogP contribution in [0.25, 0.3) is 0 Å². The molecule has 0 atom stereocenters. The minimum atomic E-state index is -2.99. The van der Waals surface area contributed by atoms with Crippen LogP contribution in [0.2, 0.25) is 5.02 Å². The van der Waals surface area contributed by atoms with Gasteiger partial charge in [-0.15, -0.1) is 0 Å². The molecule has 0 bridgehead atoms. The van der Waals surface area contributed by atoms with Gasteiger partial charge in [-0.3, -0.25) is 9.69 Å². The van der Waals surface area contributed by atoms with Crippen LogP contribution in [0.4, 0.5) is 17.1 Å². The molecule has 0 amide bonds. The first-order valence-electron chi connectivity index (χ1n) is 11.3. The third-order valence-electron chi connectivity index (χ3n) is 6.80. The number of carbonyl (C=O) groups excluding carboxylic acids is 1. The maximum atomic E-state index is 13.4. The van der Waals surface area contributed by atoms with Crippen molar-refractivity contribution in [1.82, 2.24) is 0 Å². The molecule has 2 heterocycles. The second-order valence-electron chi connectivity index (χ2n) is 9.94. The Labute approximate surface area is 202 Å². The van der Waals surface area contributed by atoms with Gasteiger partial charge in [0.05, 0.1) is 27.9 Å². The van der Waals surface area contributed by atoms with E-state index in [1.54, 1.807) is 0 Å². The van der Waals surface area contributed by atoms with E-state index in [1.165, 1.54) is 0 Å². The van der Waals surface area contributed by atoms with Gasteiger partial charge >= 0.3 is 0 Å². The van der Waals surface area contributed by atoms with Crippen LogP contribution in [0.5, 0.6) is 0 Å². The number of nitrogens with zero attached hydrogens (tertiary/aromatic N) is 2. The van der Waals surface area contributed by atoms with Gasteiger partial charge in [0.15, 0.2) is 5.78 Å². The smallest absolute Gasteiger partial charge is 0.164 e. The summed E-state index contributed by atoms with van der Waals surface area (Å²) in [5, 5.41) is 0.404. The number of carbonyl (C=O) groups is 1. The zero-order valence-electron chi connectivity index (χ0n) is 19.7. The second kappa shape index (κ2) is 8.48. The van der Waals surface area contributed by atoms with Gasteiger partial charge < -0.3 is 4.90 Å². The Balaban J connectivity index is 1.71. The van der Waals surface area contributed by atoms with Crippen LogP contribution in [0, 0.1) is 12.3 Å². The van der Waals surface area contributed by atoms with Crippen molar-refractivity contribution in [1.29, 1.82) is 0 Å². The van der Waals surface area contributed by atoms with Crippen molar-refractivity contribution in [2.75, 3.05) is 21.3 Å². The van der Waals surface area contributed by atoms with E-state index < -0.39 is 9.84 Å². The van der Waals surface area contributed by atoms with Crippen molar-refractivity contribution >= 4 is 44.3 Å². The van der Waals surface area contributed by atoms with Crippen LogP contribution < -0.4 is 9.80 Å². The van der Waals surface area contributed by atoms with Crippen LogP contribution in [-0.2, 0) is 9.84 Å². The van der Waals surface area contributed by atoms with Crippen molar-refractivity contribution in [2.45, 2.75) is 53.0 Å². The molecule has 0 aliphatic carbocycles. The molecule has 2 aliphatic rings. The van der Waals surface area contributed by atoms with Crippen molar-refractivity contribution in [3.63, 3.8) is 0 Å². The zero-order valence-corrected chi connectivity index (χ0v) is 21.3. The lowest BCUT2D eigenvalue weighted by Gasteiger charge is -2.33. The molecular formula is C26H31ClN2O3S. The van der Waals surface area contributed by atoms with E-state index in [-0.39, 0.29) is 35.2 Å². The average Bonchev–Trinajstić information content (AvgIpc) is 3.00. The minimum Gasteiger partial charge on any atom is -0.324 e. The van der Waals surface area contributed by atoms with Crippen molar-refractivity contribution in [2.24, 2.45) is 5.41 Å². The summed E-state index contributed by atoms with van der Waals surface area (Å²) in [6.45, 7) is 12.6. The van der Waals surface area contributed by atoms with E-state index in [4.69, 9.17) is 11.6 Å². The lowest BCUT2D eigenvalue weighted by atomic mass is 9.78. The zero-order chi connectivity index (χ0) is 24.1. The quantitative estimate of drug-likeness (QED) is 0.466. The Morgan fingerprint density at radius 2 is 1.82 bits per heavy atom. The summed E-state index contributed by atoms with van der Waals surface area (Å²) >= 11 is 6.68. The Hall–Kier alpha value is -2.31. The summed E-state index contributed by atoms with van der Waals surface area (Å²) in [5.41, 5.74) is 4.09. The minimum absolute atomic E-state index is 0.0482. The highest BCUT2D eigenvalue weighted by atomic mass is 35.5. The number of halogens is 1. The number of aryl methyl sites for hydroxylation is 1. The van der Waals surface area contributed by atoms with Gasteiger partial charge in [0.25, 0.3) is 0 Å². The molecule has 0 saturated carbocycles. The molecule has 7 heteroatoms. The summed E-state index contributed by atoms with van der Waals surface area (Å²) in [5.74, 6) is 1.05. The number of hydrogen-bond donors (Lipinski definition) is 0. The number of hydrogen-bond acceptors (Lipinski definition) is 5. The summed E-state index contributed by atoms with van der Waals surface area (Å²) in [7, 11) is -2.99. The molecule has 4 rings (SSSR count). The molecule has 2 aliphatic heterocycles. The van der Waals surface area contributed by atoms with E-state index in [2.05, 4.69) is 49.3 Å². The summed E-state index contributed by atoms with van der Waals surface area (Å²) in [4.78, 5) is 17.6. The van der Waals surface area contributed by atoms with Gasteiger partial charge in [-0.25, -0.2) is 8.42 Å². The van der Waals surface area contributed by atoms with Crippen molar-refractivity contribution < 1.29 is 13.2 Å². The van der Waals surface area contributed by atoms with Crippen LogP contribution in [0.1, 0.15) is 56.0 Å². The molecule has 1 saturated heterocycles. The first-order chi connectivity index (χ1) is 15.4. The predicted molar refractivity (Wildman–Crippen MR) is 136 cm³/mol. The number of anilines is 3. The van der Waals surface area contributed by atoms with Gasteiger partial charge in [-0.05, 0) is 68.9 Å². The molecule has 176 valence electrons. The van der Waals surface area contributed by atoms with Crippen LogP contribution in [0.3, 0.4) is 0 Å². The fraction of sp³-hybridized carbons (Fsp3) is 0.423. The predicted octanol–water partition coefficient (Wildman–Crippen LogP) is 6.27. The van der Waals surface area contributed by atoms with E-state index in [0.717, 1.165) is 28.4 Å². The van der Waals surface area contributed by atoms with Gasteiger partial charge in [0.2, 0.25) is 0 Å². The molecule has 0 N–H and O–H groups in total. The summed E-state index contributed by atoms with van der Waals surface area (Å²) in [6.07, 6.45) is 1.28. The summed E-state index contributed by atoms with van der Waals surface area (Å²) in [6, 6.07) is 12.1. The van der Waals surface area contributed by atoms with Gasteiger partial charge in [0, 0.05) is 23.7 Å². The number of fused-ring (bicyclic) bond motifs is 1. The molecule has 0 aromatic heterocycles. The molecule has 33 heavy (non-hydrogen) atoms. The summed E-state index contributed by atoms with van der Waals surface area (Å²) < 4.78 is 23.7. The van der Waals surface area contributed by atoms with Gasteiger partial charge in [0.1, 0.15) is 15.7 Å². The first-order valence-corrected chi connectivity index (χ1v) is 13.5. The Morgan fingerprint density at radius 1 is 1.15 bits per heavy atom. The van der Waals surface area contributed by atoms with E-state index >= 15 is 0 Å². The molecule has 2 aromatic carbocycles. The van der Waals surface area contributed by atoms with Crippen LogP contribution >= 0.6 is 11.6 Å². The van der Waals surface area contributed by atoms with Crippen molar-refractivity contribution in [3.05, 3.63) is 64.9 Å². The average molecular weight is 487 g/mol. The number of benzene rings is 2. The SMILES string of the molecule is C=C1N(c2cccc(C)c2)c2cc(Cl)c(C(=O)CC3(C)CCS(=O)(=O)CC3)cc2N1C(C)C. The topological polar surface area (TPSA) is 57.7 Å². The molecule has 0 radical (unpaired) electrons. The number of ketones is 1. The monoisotopic (exact) mass is 486 g/mol. The highest BCUT2D eigenvalue weighted by Crippen LogP contribution is 2.49. The van der Waals surface area contributed by atoms with E-state index in [0.29, 0.717) is 23.4 Å². The Kier molecular flexibility index (Phi) is 6.12. The van der Waals surface area contributed by atoms with Gasteiger partial charge in [-0.2, -0.15) is 0 Å². The van der Waals surface area contributed by atoms with Crippen LogP contribution in [0.15, 0.2) is 48.8 Å². The fourth-order valence-electron chi connectivity index (χ4n) is 4.84. The molecule has 0 spiro atoms. The number of sulfone groups is 1. The Morgan fingerprint density at radius 3 is 2.42 bits per heavy atom. The van der Waals surface area contributed by atoms with E-state index in [1.807, 2.05) is 31.2 Å². The lowest BCUT2D eigenvalue weighted by molar-refractivity contribution is 0.0912. The molecule has 2 aromatic rings. The van der Waals surface area contributed by atoms with Gasteiger partial charge in [-0.1, -0.05) is 37.2 Å². The normalized spacial score (nSPS) is 19.2. The molecular weight excluding hydrogens is 456 g/mol. The molecule has 5 nitrogen and oxygen atoms in total. The second-order valence-corrected chi connectivity index (χ2v) is 12.6. The largest absolute Gasteiger partial charge is 0.324 e. The Bertz CT molecular complexity index is 1220. The van der Waals surface area contributed by atoms with E-state index in [9.17, 15) is 13.2 Å². The maximum Gasteiger partial charge on any atom is 0.164 e. The standard InChI is InChI=1S/C26H31ClN2O3S/c1-17(2)28-19(4)29(20-8-6-7-18(3)13-20)24-15-22(27)21(14-23(24)28)25(30)16-26(5)9-11-33(31,32)12-10-26/h6-8,13-15,17H,4,9-12,16H2,1-3,5H3. The maximum absolute atomic E-state index is 13.4. The fourth-order valence-corrected chi connectivity index (χ4v) is 6.92. The number of Topliss-reactive ketones (excluding diaryl/α,β-unsaturated/α-hetero) is 1. The molecule has 0 unspecified atom stereocenters. The third-order valence-corrected chi connectivity index (χ3v) is 8.76. The van der Waals surface area contributed by atoms with Crippen molar-refractivity contribution in [3.8, 4) is 0 Å².